The molecule has 0 aromatic rings. The molecule has 0 spiro atoms. The first kappa shape index (κ1) is 14.3. The Bertz CT molecular complexity index is 263. The van der Waals surface area contributed by atoms with Crippen molar-refractivity contribution >= 4 is 6.09 Å². The van der Waals surface area contributed by atoms with E-state index in [1.54, 1.807) is 0 Å². The van der Waals surface area contributed by atoms with Gasteiger partial charge >= 0.3 is 6.09 Å². The molecule has 0 saturated carbocycles. The summed E-state index contributed by atoms with van der Waals surface area (Å²) in [6, 6.07) is -0.213. The van der Waals surface area contributed by atoms with Gasteiger partial charge in [-0.1, -0.05) is 0 Å². The van der Waals surface area contributed by atoms with Gasteiger partial charge < -0.3 is 20.1 Å². The van der Waals surface area contributed by atoms with Gasteiger partial charge in [0.1, 0.15) is 5.60 Å². The SMILES string of the molecule is CN1CCC(C(CO)NC(=O)OC(C)(C)C)C1. The maximum absolute atomic E-state index is 11.6. The zero-order valence-corrected chi connectivity index (χ0v) is 11.2. The number of carbonyl (C=O) groups is 1. The fourth-order valence-corrected chi connectivity index (χ4v) is 2.07. The normalized spacial score (nSPS) is 23.5. The predicted octanol–water partition coefficient (Wildman–Crippen LogP) is 0.824. The second-order valence-corrected chi connectivity index (χ2v) is 5.75. The molecule has 0 aliphatic carbocycles. The average molecular weight is 244 g/mol. The Balaban J connectivity index is 2.44. The molecular weight excluding hydrogens is 220 g/mol. The Hall–Kier alpha value is -0.810. The number of hydrogen-bond acceptors (Lipinski definition) is 4. The van der Waals surface area contributed by atoms with Crippen LogP contribution in [0.3, 0.4) is 0 Å². The highest BCUT2D eigenvalue weighted by Gasteiger charge is 2.29. The summed E-state index contributed by atoms with van der Waals surface area (Å²) in [7, 11) is 2.04. The molecule has 5 nitrogen and oxygen atoms in total. The monoisotopic (exact) mass is 244 g/mol. The lowest BCUT2D eigenvalue weighted by Crippen LogP contribution is -2.45. The van der Waals surface area contributed by atoms with Gasteiger partial charge in [0.05, 0.1) is 12.6 Å². The van der Waals surface area contributed by atoms with Crippen LogP contribution in [0.4, 0.5) is 4.79 Å². The summed E-state index contributed by atoms with van der Waals surface area (Å²) in [4.78, 5) is 13.8. The van der Waals surface area contributed by atoms with Crippen molar-refractivity contribution in [1.29, 1.82) is 0 Å². The van der Waals surface area contributed by atoms with Crippen LogP contribution in [0, 0.1) is 5.92 Å². The first-order valence-electron chi connectivity index (χ1n) is 6.11. The molecule has 0 aromatic heterocycles. The molecule has 100 valence electrons. The number of nitrogens with zero attached hydrogens (tertiary/aromatic N) is 1. The van der Waals surface area contributed by atoms with Crippen LogP contribution in [0.1, 0.15) is 27.2 Å². The summed E-state index contributed by atoms with van der Waals surface area (Å²) in [5.41, 5.74) is -0.503. The smallest absolute Gasteiger partial charge is 0.407 e. The fourth-order valence-electron chi connectivity index (χ4n) is 2.07. The maximum Gasteiger partial charge on any atom is 0.407 e. The third kappa shape index (κ3) is 4.91. The van der Waals surface area contributed by atoms with Gasteiger partial charge in [-0.15, -0.1) is 0 Å². The number of amides is 1. The van der Waals surface area contributed by atoms with Gasteiger partial charge in [0, 0.05) is 6.54 Å². The van der Waals surface area contributed by atoms with Gasteiger partial charge in [0.25, 0.3) is 0 Å². The van der Waals surface area contributed by atoms with E-state index in [4.69, 9.17) is 4.74 Å². The molecular formula is C12H24N2O3. The van der Waals surface area contributed by atoms with Gasteiger partial charge in [-0.3, -0.25) is 0 Å². The number of rotatable bonds is 3. The maximum atomic E-state index is 11.6. The summed E-state index contributed by atoms with van der Waals surface area (Å²) in [5.74, 6) is 0.303. The van der Waals surface area contributed by atoms with Crippen molar-refractivity contribution in [1.82, 2.24) is 10.2 Å². The van der Waals surface area contributed by atoms with E-state index in [1.807, 2.05) is 27.8 Å². The number of likely N-dealkylation sites (tertiary alicyclic amines) is 1. The van der Waals surface area contributed by atoms with Gasteiger partial charge in [0.2, 0.25) is 0 Å². The minimum atomic E-state index is -0.503. The number of ether oxygens (including phenoxy) is 1. The highest BCUT2D eigenvalue weighted by atomic mass is 16.6. The zero-order valence-electron chi connectivity index (χ0n) is 11.2. The molecule has 1 fully saturated rings. The van der Waals surface area contributed by atoms with E-state index in [-0.39, 0.29) is 12.6 Å². The summed E-state index contributed by atoms with van der Waals surface area (Å²) in [6.07, 6.45) is 0.545. The summed E-state index contributed by atoms with van der Waals surface area (Å²) >= 11 is 0. The van der Waals surface area contributed by atoms with Crippen LogP contribution in [0.2, 0.25) is 0 Å². The quantitative estimate of drug-likeness (QED) is 0.771. The molecule has 1 heterocycles. The van der Waals surface area contributed by atoms with E-state index in [0.717, 1.165) is 19.5 Å². The highest BCUT2D eigenvalue weighted by Crippen LogP contribution is 2.18. The molecule has 5 heteroatoms. The molecule has 2 unspecified atom stereocenters. The van der Waals surface area contributed by atoms with E-state index in [9.17, 15) is 9.90 Å². The first-order valence-corrected chi connectivity index (χ1v) is 6.11. The van der Waals surface area contributed by atoms with Gasteiger partial charge in [-0.2, -0.15) is 0 Å². The number of aliphatic hydroxyl groups excluding tert-OH is 1. The number of nitrogens with one attached hydrogen (secondary N) is 1. The summed E-state index contributed by atoms with van der Waals surface area (Å²) in [5, 5.41) is 12.1. The Labute approximate surface area is 103 Å². The van der Waals surface area contributed by atoms with Gasteiger partial charge in [0.15, 0.2) is 0 Å². The Morgan fingerprint density at radius 2 is 2.24 bits per heavy atom. The molecule has 17 heavy (non-hydrogen) atoms. The number of alkyl carbamates (subject to hydrolysis) is 1. The number of hydrogen-bond donors (Lipinski definition) is 2. The van der Waals surface area contributed by atoms with Crippen molar-refractivity contribution in [3.05, 3.63) is 0 Å². The molecule has 1 aliphatic heterocycles. The van der Waals surface area contributed by atoms with Crippen molar-refractivity contribution in [2.45, 2.75) is 38.8 Å². The van der Waals surface area contributed by atoms with Crippen molar-refractivity contribution < 1.29 is 14.6 Å². The second kappa shape index (κ2) is 5.69. The summed E-state index contributed by atoms with van der Waals surface area (Å²) < 4.78 is 5.18. The Kier molecular flexibility index (Phi) is 4.77. The molecule has 1 saturated heterocycles. The first-order chi connectivity index (χ1) is 7.81. The molecule has 0 bridgehead atoms. The third-order valence-electron chi connectivity index (χ3n) is 2.90. The van der Waals surface area contributed by atoms with Crippen molar-refractivity contribution in [3.63, 3.8) is 0 Å². The summed E-state index contributed by atoms with van der Waals surface area (Å²) in [6.45, 7) is 7.34. The molecule has 1 aliphatic rings. The van der Waals surface area contributed by atoms with Gasteiger partial charge in [-0.05, 0) is 46.7 Å². The lowest BCUT2D eigenvalue weighted by molar-refractivity contribution is 0.0456. The van der Waals surface area contributed by atoms with E-state index < -0.39 is 11.7 Å². The minimum absolute atomic E-state index is 0.0439. The van der Waals surface area contributed by atoms with Crippen LogP contribution >= 0.6 is 0 Å². The van der Waals surface area contributed by atoms with Crippen LogP contribution in [0.25, 0.3) is 0 Å². The van der Waals surface area contributed by atoms with Crippen LogP contribution in [0.5, 0.6) is 0 Å². The van der Waals surface area contributed by atoms with E-state index in [1.165, 1.54) is 0 Å². The predicted molar refractivity (Wildman–Crippen MR) is 65.8 cm³/mol. The fraction of sp³-hybridized carbons (Fsp3) is 0.917. The average Bonchev–Trinajstić information content (AvgIpc) is 2.58. The third-order valence-corrected chi connectivity index (χ3v) is 2.90. The molecule has 0 radical (unpaired) electrons. The lowest BCUT2D eigenvalue weighted by Gasteiger charge is -2.25. The molecule has 2 N–H and O–H groups in total. The zero-order chi connectivity index (χ0) is 13.1. The Morgan fingerprint density at radius 1 is 1.59 bits per heavy atom. The molecule has 0 aromatic carbocycles. The second-order valence-electron chi connectivity index (χ2n) is 5.75. The number of carbonyl (C=O) groups excluding carboxylic acids is 1. The van der Waals surface area contributed by atoms with Crippen LogP contribution < -0.4 is 5.32 Å². The van der Waals surface area contributed by atoms with Crippen molar-refractivity contribution in [2.75, 3.05) is 26.7 Å². The van der Waals surface area contributed by atoms with Crippen molar-refractivity contribution in [3.8, 4) is 0 Å². The lowest BCUT2D eigenvalue weighted by atomic mass is 10.00. The topological polar surface area (TPSA) is 61.8 Å². The number of aliphatic hydroxyl groups is 1. The Morgan fingerprint density at radius 3 is 2.65 bits per heavy atom. The standard InChI is InChI=1S/C12H24N2O3/c1-12(2,3)17-11(16)13-10(8-15)9-5-6-14(4)7-9/h9-10,15H,5-8H2,1-4H3,(H,13,16). The van der Waals surface area contributed by atoms with Crippen LogP contribution in [-0.4, -0.2) is 54.5 Å². The van der Waals surface area contributed by atoms with E-state index in [0.29, 0.717) is 5.92 Å². The van der Waals surface area contributed by atoms with Crippen LogP contribution in [0.15, 0.2) is 0 Å². The van der Waals surface area contributed by atoms with E-state index >= 15 is 0 Å². The van der Waals surface area contributed by atoms with Crippen LogP contribution in [-0.2, 0) is 4.74 Å². The highest BCUT2D eigenvalue weighted by molar-refractivity contribution is 5.68. The largest absolute Gasteiger partial charge is 0.444 e. The van der Waals surface area contributed by atoms with Gasteiger partial charge in [-0.25, -0.2) is 4.79 Å². The molecule has 1 rings (SSSR count). The molecule has 2 atom stereocenters. The van der Waals surface area contributed by atoms with Crippen molar-refractivity contribution in [2.24, 2.45) is 5.92 Å². The molecule has 1 amide bonds. The van der Waals surface area contributed by atoms with E-state index in [2.05, 4.69) is 10.2 Å². The minimum Gasteiger partial charge on any atom is -0.444 e.